The summed E-state index contributed by atoms with van der Waals surface area (Å²) in [6, 6.07) is 11.4. The summed E-state index contributed by atoms with van der Waals surface area (Å²) in [6.45, 7) is 1.00. The second-order valence-corrected chi connectivity index (χ2v) is 4.56. The van der Waals surface area contributed by atoms with Gasteiger partial charge in [0.25, 0.3) is 0 Å². The molecule has 94 valence electrons. The Morgan fingerprint density at radius 1 is 1.28 bits per heavy atom. The Hall–Kier alpha value is -1.34. The average Bonchev–Trinajstić information content (AvgIpc) is 2.86. The van der Waals surface area contributed by atoms with E-state index < -0.39 is 0 Å². The number of ether oxygens (including phenoxy) is 1. The number of esters is 1. The van der Waals surface area contributed by atoms with Crippen LogP contribution in [0.25, 0.3) is 0 Å². The van der Waals surface area contributed by atoms with Gasteiger partial charge in [-0.1, -0.05) is 30.3 Å². The van der Waals surface area contributed by atoms with E-state index >= 15 is 0 Å². The minimum absolute atomic E-state index is 0.290. The Labute approximate surface area is 119 Å². The van der Waals surface area contributed by atoms with E-state index in [0.29, 0.717) is 18.8 Å². The lowest BCUT2D eigenvalue weighted by Gasteiger charge is -2.02. The molecule has 0 fully saturated rings. The molecule has 1 aromatic carbocycles. The molecule has 0 radical (unpaired) electrons. The van der Waals surface area contributed by atoms with Gasteiger partial charge in [0, 0.05) is 35.6 Å². The number of benzene rings is 1. The molecule has 4 nitrogen and oxygen atoms in total. The number of carbonyl (C=O) groups excluding carboxylic acids is 1. The van der Waals surface area contributed by atoms with Crippen molar-refractivity contribution in [2.24, 2.45) is 0 Å². The Balaban J connectivity index is 1.91. The number of nitrogens with one attached hydrogen (secondary N) is 2. The first kappa shape index (κ1) is 13.1. The van der Waals surface area contributed by atoms with Gasteiger partial charge in [0.05, 0.1) is 0 Å². The second-order valence-electron chi connectivity index (χ2n) is 3.79. The Kier molecular flexibility index (Phi) is 4.77. The van der Waals surface area contributed by atoms with E-state index in [1.54, 1.807) is 12.3 Å². The van der Waals surface area contributed by atoms with E-state index in [2.05, 4.69) is 31.4 Å². The number of carbonyl (C=O) groups is 1. The maximum Gasteiger partial charge on any atom is 0.355 e. The summed E-state index contributed by atoms with van der Waals surface area (Å²) >= 11 is 2.06. The van der Waals surface area contributed by atoms with Crippen LogP contribution in [0.3, 0.4) is 0 Å². The van der Waals surface area contributed by atoms with Gasteiger partial charge in [0.2, 0.25) is 0 Å². The lowest BCUT2D eigenvalue weighted by atomic mass is 10.2. The maximum absolute atomic E-state index is 11.8. The summed E-state index contributed by atoms with van der Waals surface area (Å²) in [5.74, 6) is -0.335. The molecule has 0 bridgehead atoms. The van der Waals surface area contributed by atoms with Gasteiger partial charge in [-0.25, -0.2) is 4.79 Å². The average molecular weight is 356 g/mol. The van der Waals surface area contributed by atoms with Gasteiger partial charge in [-0.2, -0.15) is 0 Å². The molecule has 0 amide bonds. The number of aromatic amines is 1. The van der Waals surface area contributed by atoms with Gasteiger partial charge in [-0.3, -0.25) is 3.53 Å². The van der Waals surface area contributed by atoms with Crippen LogP contribution in [0.1, 0.15) is 21.6 Å². The first-order chi connectivity index (χ1) is 8.79. The third-order valence-electron chi connectivity index (χ3n) is 2.45. The van der Waals surface area contributed by atoms with E-state index in [4.69, 9.17) is 4.74 Å². The summed E-state index contributed by atoms with van der Waals surface area (Å²) in [6.07, 6.45) is 1.80. The first-order valence-electron chi connectivity index (χ1n) is 5.51. The zero-order chi connectivity index (χ0) is 12.8. The van der Waals surface area contributed by atoms with Gasteiger partial charge < -0.3 is 9.72 Å². The minimum Gasteiger partial charge on any atom is -0.456 e. The molecule has 2 rings (SSSR count). The highest BCUT2D eigenvalue weighted by molar-refractivity contribution is 14.1. The largest absolute Gasteiger partial charge is 0.456 e. The number of halogens is 1. The maximum atomic E-state index is 11.8. The van der Waals surface area contributed by atoms with Gasteiger partial charge >= 0.3 is 5.97 Å². The molecular weight excluding hydrogens is 343 g/mol. The van der Waals surface area contributed by atoms with Crippen molar-refractivity contribution in [1.29, 1.82) is 0 Å². The summed E-state index contributed by atoms with van der Waals surface area (Å²) in [5.41, 5.74) is 2.48. The van der Waals surface area contributed by atoms with E-state index in [0.717, 1.165) is 11.1 Å². The van der Waals surface area contributed by atoms with Gasteiger partial charge in [-0.05, 0) is 17.2 Å². The van der Waals surface area contributed by atoms with Crippen molar-refractivity contribution < 1.29 is 9.53 Å². The lowest BCUT2D eigenvalue weighted by molar-refractivity contribution is 0.0466. The molecule has 0 aliphatic carbocycles. The van der Waals surface area contributed by atoms with Crippen molar-refractivity contribution >= 4 is 28.8 Å². The summed E-state index contributed by atoms with van der Waals surface area (Å²) < 4.78 is 8.21. The monoisotopic (exact) mass is 356 g/mol. The van der Waals surface area contributed by atoms with E-state index in [-0.39, 0.29) is 5.97 Å². The highest BCUT2D eigenvalue weighted by Crippen LogP contribution is 2.08. The Morgan fingerprint density at radius 2 is 2.06 bits per heavy atom. The number of H-pyrrole nitrogens is 1. The molecule has 2 N–H and O–H groups in total. The molecule has 1 heterocycles. The molecule has 2 aromatic rings. The fraction of sp³-hybridized carbons (Fsp3) is 0.154. The van der Waals surface area contributed by atoms with Crippen LogP contribution in [0.2, 0.25) is 0 Å². The third kappa shape index (κ3) is 3.58. The summed E-state index contributed by atoms with van der Waals surface area (Å²) in [4.78, 5) is 14.7. The summed E-state index contributed by atoms with van der Waals surface area (Å²) in [5, 5.41) is 0. The molecule has 0 atom stereocenters. The lowest BCUT2D eigenvalue weighted by Crippen LogP contribution is -2.05. The van der Waals surface area contributed by atoms with Crippen LogP contribution in [0.4, 0.5) is 0 Å². The van der Waals surface area contributed by atoms with Crippen molar-refractivity contribution in [3.05, 3.63) is 59.4 Å². The molecule has 0 spiro atoms. The molecule has 5 heteroatoms. The zero-order valence-electron chi connectivity index (χ0n) is 9.65. The quantitative estimate of drug-likeness (QED) is 0.492. The van der Waals surface area contributed by atoms with Crippen LogP contribution >= 0.6 is 22.9 Å². The van der Waals surface area contributed by atoms with Gasteiger partial charge in [0.15, 0.2) is 0 Å². The third-order valence-corrected chi connectivity index (χ3v) is 2.83. The zero-order valence-corrected chi connectivity index (χ0v) is 11.8. The van der Waals surface area contributed by atoms with Crippen LogP contribution < -0.4 is 3.53 Å². The van der Waals surface area contributed by atoms with Crippen molar-refractivity contribution in [3.63, 3.8) is 0 Å². The predicted octanol–water partition coefficient (Wildman–Crippen LogP) is 2.81. The highest BCUT2D eigenvalue weighted by Gasteiger charge is 2.09. The predicted molar refractivity (Wildman–Crippen MR) is 77.2 cm³/mol. The SMILES string of the molecule is O=C(OCc1ccccc1)c1cc(CNI)c[nH]1. The number of aromatic nitrogens is 1. The highest BCUT2D eigenvalue weighted by atomic mass is 127. The smallest absolute Gasteiger partial charge is 0.355 e. The van der Waals surface area contributed by atoms with Crippen LogP contribution in [0.15, 0.2) is 42.6 Å². The van der Waals surface area contributed by atoms with E-state index in [9.17, 15) is 4.79 Å². The summed E-state index contributed by atoms with van der Waals surface area (Å²) in [7, 11) is 0. The fourth-order valence-electron chi connectivity index (χ4n) is 1.54. The van der Waals surface area contributed by atoms with Crippen molar-refractivity contribution in [3.8, 4) is 0 Å². The Bertz CT molecular complexity index is 511. The van der Waals surface area contributed by atoms with Crippen LogP contribution in [-0.2, 0) is 17.9 Å². The molecule has 18 heavy (non-hydrogen) atoms. The normalized spacial score (nSPS) is 10.3. The van der Waals surface area contributed by atoms with Crippen LogP contribution in [0, 0.1) is 0 Å². The number of hydrogen-bond donors (Lipinski definition) is 2. The van der Waals surface area contributed by atoms with Crippen molar-refractivity contribution in [2.45, 2.75) is 13.2 Å². The topological polar surface area (TPSA) is 54.1 Å². The molecule has 1 aromatic heterocycles. The molecule has 0 unspecified atom stereocenters. The minimum atomic E-state index is -0.335. The van der Waals surface area contributed by atoms with Crippen LogP contribution in [-0.4, -0.2) is 11.0 Å². The van der Waals surface area contributed by atoms with E-state index in [1.165, 1.54) is 0 Å². The van der Waals surface area contributed by atoms with Gasteiger partial charge in [0.1, 0.15) is 12.3 Å². The number of hydrogen-bond acceptors (Lipinski definition) is 3. The fourth-order valence-corrected chi connectivity index (χ4v) is 1.98. The first-order valence-corrected chi connectivity index (χ1v) is 6.59. The molecular formula is C13H13IN2O2. The van der Waals surface area contributed by atoms with Crippen molar-refractivity contribution in [1.82, 2.24) is 8.51 Å². The molecule has 0 saturated heterocycles. The Morgan fingerprint density at radius 3 is 2.78 bits per heavy atom. The van der Waals surface area contributed by atoms with Crippen LogP contribution in [0.5, 0.6) is 0 Å². The van der Waals surface area contributed by atoms with Gasteiger partial charge in [-0.15, -0.1) is 0 Å². The molecule has 0 aliphatic heterocycles. The number of rotatable bonds is 5. The molecule has 0 saturated carbocycles. The molecule has 0 aliphatic rings. The second kappa shape index (κ2) is 6.55. The standard InChI is InChI=1S/C13H13IN2O2/c14-16-8-11-6-12(15-7-11)13(17)18-9-10-4-2-1-3-5-10/h1-7,15-16H,8-9H2. The van der Waals surface area contributed by atoms with Crippen molar-refractivity contribution in [2.75, 3.05) is 0 Å². The van der Waals surface area contributed by atoms with E-state index in [1.807, 2.05) is 30.3 Å².